The van der Waals surface area contributed by atoms with Gasteiger partial charge in [-0.05, 0) is 50.6 Å². The van der Waals surface area contributed by atoms with E-state index in [1.54, 1.807) is 20.2 Å². The molecule has 6 N–H and O–H groups in total. The lowest BCUT2D eigenvalue weighted by Gasteiger charge is -2.50. The van der Waals surface area contributed by atoms with Crippen LogP contribution in [0.25, 0.3) is 5.76 Å². The van der Waals surface area contributed by atoms with Crippen molar-refractivity contribution in [3.8, 4) is 5.75 Å². The Kier molecular flexibility index (Phi) is 8.12. The minimum Gasteiger partial charge on any atom is -0.508 e. The minimum absolute atomic E-state index is 0.0638. The first-order chi connectivity index (χ1) is 17.1. The number of phenolic OH excluding ortho intramolecular Hbond substituents is 1. The zero-order chi connectivity index (χ0) is 28.1. The third-order valence-corrected chi connectivity index (χ3v) is 7.06. The number of alkyl halides is 3. The van der Waals surface area contributed by atoms with Gasteiger partial charge in [-0.15, -0.1) is 0 Å². The standard InChI is InChI=1S/C23H27N3O7.CHCl3/c1-25(2)12-5-6-13(27)15-10(12)7-9-8-11-17(26(3)4)19(29)16(22(24)32)21(31)23(11,33)20(30)14(9)18(15)28;2-1(3)4/h5-6,9,11,17,27-28,31,33H,7-8H2,1-4H3,(H2,24,32);1H/t9-,11-,17-,23-;/m0./s1. The van der Waals surface area contributed by atoms with Crippen LogP contribution < -0.4 is 10.6 Å². The summed E-state index contributed by atoms with van der Waals surface area (Å²) in [5.41, 5.74) is 3.15. The predicted octanol–water partition coefficient (Wildman–Crippen LogP) is 2.02. The lowest BCUT2D eigenvalue weighted by atomic mass is 9.57. The molecule has 0 heterocycles. The molecule has 0 radical (unpaired) electrons. The van der Waals surface area contributed by atoms with E-state index >= 15 is 0 Å². The summed E-state index contributed by atoms with van der Waals surface area (Å²) >= 11 is 14.4. The van der Waals surface area contributed by atoms with Gasteiger partial charge in [0.25, 0.3) is 5.91 Å². The number of phenols is 1. The Balaban J connectivity index is 0.000000886. The lowest BCUT2D eigenvalue weighted by molar-refractivity contribution is -0.153. The van der Waals surface area contributed by atoms with Crippen molar-refractivity contribution >= 4 is 63.7 Å². The molecule has 1 saturated carbocycles. The van der Waals surface area contributed by atoms with Crippen molar-refractivity contribution in [1.29, 1.82) is 0 Å². The monoisotopic (exact) mass is 575 g/mol. The number of benzene rings is 1. The van der Waals surface area contributed by atoms with Gasteiger partial charge in [-0.2, -0.15) is 0 Å². The molecule has 4 atom stereocenters. The van der Waals surface area contributed by atoms with Crippen molar-refractivity contribution in [2.45, 2.75) is 28.8 Å². The molecule has 0 bridgehead atoms. The molecule has 13 heteroatoms. The van der Waals surface area contributed by atoms with Gasteiger partial charge in [0.15, 0.2) is 15.7 Å². The fourth-order valence-corrected chi connectivity index (χ4v) is 5.65. The maximum Gasteiger partial charge on any atom is 0.255 e. The van der Waals surface area contributed by atoms with Gasteiger partial charge < -0.3 is 31.1 Å². The summed E-state index contributed by atoms with van der Waals surface area (Å²) in [6, 6.07) is 2.01. The number of amides is 1. The van der Waals surface area contributed by atoms with Crippen LogP contribution in [0.5, 0.6) is 5.75 Å². The second-order valence-electron chi connectivity index (χ2n) is 9.56. The smallest absolute Gasteiger partial charge is 0.255 e. The molecule has 4 rings (SSSR count). The number of nitrogens with two attached hydrogens (primary N) is 1. The number of hydrogen-bond donors (Lipinski definition) is 5. The van der Waals surface area contributed by atoms with Gasteiger partial charge in [-0.1, -0.05) is 34.8 Å². The van der Waals surface area contributed by atoms with Gasteiger partial charge in [-0.3, -0.25) is 19.3 Å². The molecule has 0 spiro atoms. The van der Waals surface area contributed by atoms with Crippen molar-refractivity contribution in [2.24, 2.45) is 17.6 Å². The molecule has 1 amide bonds. The van der Waals surface area contributed by atoms with E-state index in [2.05, 4.69) is 0 Å². The zero-order valence-electron chi connectivity index (χ0n) is 20.5. The fourth-order valence-electron chi connectivity index (χ4n) is 5.65. The van der Waals surface area contributed by atoms with E-state index in [0.29, 0.717) is 5.56 Å². The quantitative estimate of drug-likeness (QED) is 0.267. The summed E-state index contributed by atoms with van der Waals surface area (Å²) in [7, 11) is 6.75. The molecule has 0 aromatic heterocycles. The fraction of sp³-hybridized carbons (Fsp3) is 0.458. The molecule has 10 nitrogen and oxygen atoms in total. The molecule has 1 fully saturated rings. The van der Waals surface area contributed by atoms with E-state index < -0.39 is 62.3 Å². The SMILES string of the molecule is CN(C)c1ccc(O)c2c1C[C@H]1C[C@H]3[C@H](N(C)C)C(=O)C(C(N)=O)=C(O)[C@@]3(O)C(=O)C1=C2O.ClC(Cl)Cl. The third-order valence-electron chi connectivity index (χ3n) is 7.06. The molecule has 0 saturated heterocycles. The van der Waals surface area contributed by atoms with Crippen LogP contribution in [0.1, 0.15) is 17.5 Å². The predicted molar refractivity (Wildman–Crippen MR) is 140 cm³/mol. The highest BCUT2D eigenvalue weighted by Crippen LogP contribution is 2.53. The lowest BCUT2D eigenvalue weighted by Crippen LogP contribution is -2.65. The number of carbonyl (C=O) groups excluding carboxylic acids is 3. The number of ketones is 2. The van der Waals surface area contributed by atoms with Crippen LogP contribution >= 0.6 is 34.8 Å². The Morgan fingerprint density at radius 3 is 2.16 bits per heavy atom. The number of nitrogens with zero attached hydrogens (tertiary/aromatic N) is 2. The van der Waals surface area contributed by atoms with Gasteiger partial charge in [0, 0.05) is 31.3 Å². The van der Waals surface area contributed by atoms with E-state index in [1.807, 2.05) is 19.0 Å². The second-order valence-corrected chi connectivity index (χ2v) is 11.5. The number of rotatable bonds is 3. The number of carbonyl (C=O) groups is 3. The summed E-state index contributed by atoms with van der Waals surface area (Å²) in [6.45, 7) is 0. The summed E-state index contributed by atoms with van der Waals surface area (Å²) in [4.78, 5) is 42.0. The number of hydrogen-bond acceptors (Lipinski definition) is 9. The molecular formula is C24H28Cl3N3O7. The molecular weight excluding hydrogens is 549 g/mol. The van der Waals surface area contributed by atoms with Crippen LogP contribution in [0.2, 0.25) is 0 Å². The minimum atomic E-state index is -2.63. The summed E-state index contributed by atoms with van der Waals surface area (Å²) in [6.07, 6.45) is 0.324. The van der Waals surface area contributed by atoms with E-state index in [1.165, 1.54) is 11.0 Å². The van der Waals surface area contributed by atoms with Gasteiger partial charge >= 0.3 is 0 Å². The Labute approximate surface area is 228 Å². The first kappa shape index (κ1) is 29.1. The van der Waals surface area contributed by atoms with Crippen LogP contribution in [0.15, 0.2) is 29.0 Å². The van der Waals surface area contributed by atoms with Crippen molar-refractivity contribution in [3.63, 3.8) is 0 Å². The number of Topliss-reactive ketones (excluding diaryl/α,β-unsaturated/α-hetero) is 2. The number of halogens is 3. The number of aromatic hydroxyl groups is 1. The first-order valence-corrected chi connectivity index (χ1v) is 12.5. The van der Waals surface area contributed by atoms with Crippen molar-refractivity contribution in [2.75, 3.05) is 33.1 Å². The Bertz CT molecular complexity index is 1230. The van der Waals surface area contributed by atoms with Gasteiger partial charge in [0.2, 0.25) is 5.78 Å². The number of aliphatic hydroxyl groups excluding tert-OH is 2. The second kappa shape index (κ2) is 10.3. The van der Waals surface area contributed by atoms with Crippen LogP contribution in [-0.4, -0.2) is 86.9 Å². The van der Waals surface area contributed by atoms with Gasteiger partial charge in [0.1, 0.15) is 22.8 Å². The highest BCUT2D eigenvalue weighted by Gasteiger charge is 2.64. The molecule has 0 unspecified atom stereocenters. The van der Waals surface area contributed by atoms with Crippen LogP contribution in [0.3, 0.4) is 0 Å². The van der Waals surface area contributed by atoms with Crippen molar-refractivity contribution in [3.05, 3.63) is 40.2 Å². The van der Waals surface area contributed by atoms with E-state index in [4.69, 9.17) is 40.5 Å². The molecule has 202 valence electrons. The summed E-state index contributed by atoms with van der Waals surface area (Å²) in [5, 5.41) is 43.9. The highest BCUT2D eigenvalue weighted by atomic mass is 35.6. The average molecular weight is 577 g/mol. The maximum atomic E-state index is 13.7. The Morgan fingerprint density at radius 1 is 1.11 bits per heavy atom. The molecule has 1 aromatic carbocycles. The topological polar surface area (TPSA) is 165 Å². The third kappa shape index (κ3) is 4.66. The maximum absolute atomic E-state index is 13.7. The van der Waals surface area contributed by atoms with Crippen molar-refractivity contribution in [1.82, 2.24) is 4.90 Å². The molecule has 3 aliphatic carbocycles. The van der Waals surface area contributed by atoms with Crippen LogP contribution in [-0.2, 0) is 20.8 Å². The molecule has 1 aromatic rings. The first-order valence-electron chi connectivity index (χ1n) is 11.2. The Hall–Kier alpha value is -2.50. The van der Waals surface area contributed by atoms with E-state index in [9.17, 15) is 34.8 Å². The van der Waals surface area contributed by atoms with E-state index in [-0.39, 0.29) is 29.7 Å². The highest BCUT2D eigenvalue weighted by molar-refractivity contribution is 6.63. The Morgan fingerprint density at radius 2 is 1.68 bits per heavy atom. The van der Waals surface area contributed by atoms with E-state index in [0.717, 1.165) is 5.69 Å². The van der Waals surface area contributed by atoms with Gasteiger partial charge in [0.05, 0.1) is 11.6 Å². The summed E-state index contributed by atoms with van der Waals surface area (Å²) in [5.74, 6) is -6.54. The van der Waals surface area contributed by atoms with Gasteiger partial charge in [-0.25, -0.2) is 0 Å². The number of aliphatic hydroxyl groups is 3. The normalized spacial score (nSPS) is 26.9. The number of anilines is 1. The summed E-state index contributed by atoms with van der Waals surface area (Å²) < 4.78 is -0.750. The van der Waals surface area contributed by atoms with Crippen LogP contribution in [0.4, 0.5) is 5.69 Å². The molecule has 37 heavy (non-hydrogen) atoms. The largest absolute Gasteiger partial charge is 0.508 e. The number of likely N-dealkylation sites (N-methyl/N-ethyl adjacent to an activating group) is 1. The number of primary amides is 1. The zero-order valence-corrected chi connectivity index (χ0v) is 22.8. The molecule has 3 aliphatic rings. The van der Waals surface area contributed by atoms with Crippen LogP contribution in [0, 0.1) is 11.8 Å². The van der Waals surface area contributed by atoms with Crippen molar-refractivity contribution < 1.29 is 34.8 Å². The number of fused-ring (bicyclic) bond motifs is 3. The average Bonchev–Trinajstić information content (AvgIpc) is 2.75. The molecule has 0 aliphatic heterocycles.